The second kappa shape index (κ2) is 9.51. The van der Waals surface area contributed by atoms with Gasteiger partial charge in [0, 0.05) is 37.0 Å². The number of amides is 2. The molecule has 1 saturated heterocycles. The number of nitrogens with two attached hydrogens (primary N) is 1. The fraction of sp³-hybridized carbons (Fsp3) is 0.280. The highest BCUT2D eigenvalue weighted by atomic mass is 35.5. The molecule has 2 aliphatic heterocycles. The molecule has 5 rings (SSSR count). The fourth-order valence-electron chi connectivity index (χ4n) is 4.88. The Morgan fingerprint density at radius 3 is 2.76 bits per heavy atom. The standard InChI is InChI=1S/C25H18ClF2N5O3S/c26-21-20(13-1-2-16(27)23-19(13)15(10-30)24(31)37-23)17(28)9-14-22(21)36-8-4-12-11-32(18(34)3-5-29)6-7-33(12)25(14)35/h1-2,9,12H,3-4,6-8,11,31H2/t12-/m0/s1. The third-order valence-corrected chi connectivity index (χ3v) is 8.01. The van der Waals surface area contributed by atoms with Crippen LogP contribution in [0.5, 0.6) is 5.75 Å². The van der Waals surface area contributed by atoms with Crippen LogP contribution < -0.4 is 10.5 Å². The van der Waals surface area contributed by atoms with Gasteiger partial charge in [-0.05, 0) is 17.7 Å². The molecule has 2 amide bonds. The Hall–Kier alpha value is -3.93. The molecule has 0 bridgehead atoms. The number of carbonyl (C=O) groups is 2. The molecule has 3 heterocycles. The zero-order valence-electron chi connectivity index (χ0n) is 19.2. The highest BCUT2D eigenvalue weighted by Gasteiger charge is 2.37. The van der Waals surface area contributed by atoms with Crippen LogP contribution >= 0.6 is 22.9 Å². The first-order valence-electron chi connectivity index (χ1n) is 11.3. The molecule has 37 heavy (non-hydrogen) atoms. The summed E-state index contributed by atoms with van der Waals surface area (Å²) < 4.78 is 36.2. The Kier molecular flexibility index (Phi) is 6.36. The quantitative estimate of drug-likeness (QED) is 0.516. The summed E-state index contributed by atoms with van der Waals surface area (Å²) in [7, 11) is 0. The number of hydrogen-bond donors (Lipinski definition) is 1. The van der Waals surface area contributed by atoms with Crippen molar-refractivity contribution in [3.05, 3.63) is 46.0 Å². The summed E-state index contributed by atoms with van der Waals surface area (Å²) in [5.41, 5.74) is 5.89. The van der Waals surface area contributed by atoms with Gasteiger partial charge in [0.15, 0.2) is 5.75 Å². The van der Waals surface area contributed by atoms with Crippen LogP contribution in [-0.2, 0) is 4.79 Å². The second-order valence-electron chi connectivity index (χ2n) is 8.64. The van der Waals surface area contributed by atoms with Gasteiger partial charge < -0.3 is 20.3 Å². The highest BCUT2D eigenvalue weighted by molar-refractivity contribution is 7.23. The predicted molar refractivity (Wildman–Crippen MR) is 133 cm³/mol. The van der Waals surface area contributed by atoms with E-state index >= 15 is 4.39 Å². The summed E-state index contributed by atoms with van der Waals surface area (Å²) >= 11 is 7.53. The van der Waals surface area contributed by atoms with Gasteiger partial charge >= 0.3 is 0 Å². The molecule has 0 unspecified atom stereocenters. The van der Waals surface area contributed by atoms with E-state index in [1.165, 1.54) is 11.0 Å². The third kappa shape index (κ3) is 4.01. The van der Waals surface area contributed by atoms with E-state index in [2.05, 4.69) is 0 Å². The molecule has 2 N–H and O–H groups in total. The first-order valence-corrected chi connectivity index (χ1v) is 12.5. The number of rotatable bonds is 2. The number of piperazine rings is 1. The lowest BCUT2D eigenvalue weighted by molar-refractivity contribution is -0.132. The molecule has 2 aliphatic rings. The van der Waals surface area contributed by atoms with Gasteiger partial charge in [0.1, 0.15) is 29.1 Å². The molecule has 188 valence electrons. The van der Waals surface area contributed by atoms with E-state index in [9.17, 15) is 19.2 Å². The number of fused-ring (bicyclic) bond motifs is 3. The van der Waals surface area contributed by atoms with Crippen molar-refractivity contribution in [1.82, 2.24) is 9.80 Å². The normalized spacial score (nSPS) is 17.2. The average Bonchev–Trinajstić information content (AvgIpc) is 3.22. The van der Waals surface area contributed by atoms with Gasteiger partial charge in [0.25, 0.3) is 5.91 Å². The summed E-state index contributed by atoms with van der Waals surface area (Å²) in [5, 5.41) is 18.5. The Morgan fingerprint density at radius 2 is 2.03 bits per heavy atom. The maximum absolute atomic E-state index is 15.7. The van der Waals surface area contributed by atoms with Gasteiger partial charge in [-0.15, -0.1) is 11.3 Å². The Bertz CT molecular complexity index is 1560. The number of hydrogen-bond acceptors (Lipinski definition) is 7. The number of nitrogen functional groups attached to an aromatic ring is 1. The van der Waals surface area contributed by atoms with Crippen molar-refractivity contribution in [2.75, 3.05) is 32.0 Å². The fourth-order valence-corrected chi connectivity index (χ4v) is 6.18. The Labute approximate surface area is 219 Å². The van der Waals surface area contributed by atoms with Crippen LogP contribution in [0, 0.1) is 34.3 Å². The van der Waals surface area contributed by atoms with Gasteiger partial charge in [-0.3, -0.25) is 9.59 Å². The van der Waals surface area contributed by atoms with E-state index in [0.717, 1.165) is 23.5 Å². The van der Waals surface area contributed by atoms with Crippen LogP contribution in [-0.4, -0.2) is 53.9 Å². The first-order chi connectivity index (χ1) is 17.8. The summed E-state index contributed by atoms with van der Waals surface area (Å²) in [5.74, 6) is -2.27. The minimum atomic E-state index is -0.845. The number of nitriles is 2. The van der Waals surface area contributed by atoms with E-state index < -0.39 is 17.5 Å². The number of nitrogens with zero attached hydrogens (tertiary/aromatic N) is 4. The lowest BCUT2D eigenvalue weighted by Crippen LogP contribution is -2.57. The highest BCUT2D eigenvalue weighted by Crippen LogP contribution is 2.47. The lowest BCUT2D eigenvalue weighted by atomic mass is 9.95. The Morgan fingerprint density at radius 1 is 1.24 bits per heavy atom. The molecule has 0 saturated carbocycles. The summed E-state index contributed by atoms with van der Waals surface area (Å²) in [6.45, 7) is 0.820. The monoisotopic (exact) mass is 541 g/mol. The summed E-state index contributed by atoms with van der Waals surface area (Å²) in [6, 6.07) is 6.91. The van der Waals surface area contributed by atoms with E-state index in [4.69, 9.17) is 27.3 Å². The van der Waals surface area contributed by atoms with Crippen molar-refractivity contribution >= 4 is 49.8 Å². The zero-order valence-corrected chi connectivity index (χ0v) is 20.8. The van der Waals surface area contributed by atoms with Gasteiger partial charge in [0.2, 0.25) is 5.91 Å². The molecule has 12 heteroatoms. The van der Waals surface area contributed by atoms with Crippen molar-refractivity contribution in [1.29, 1.82) is 10.5 Å². The van der Waals surface area contributed by atoms with Crippen LogP contribution in [0.25, 0.3) is 21.2 Å². The van der Waals surface area contributed by atoms with Gasteiger partial charge in [-0.2, -0.15) is 10.5 Å². The lowest BCUT2D eigenvalue weighted by Gasteiger charge is -2.42. The maximum Gasteiger partial charge on any atom is 0.258 e. The van der Waals surface area contributed by atoms with Crippen molar-refractivity contribution in [2.24, 2.45) is 0 Å². The Balaban J connectivity index is 1.59. The minimum Gasteiger partial charge on any atom is -0.491 e. The van der Waals surface area contributed by atoms with E-state index in [-0.39, 0.29) is 92.7 Å². The van der Waals surface area contributed by atoms with Crippen molar-refractivity contribution in [3.8, 4) is 29.0 Å². The van der Waals surface area contributed by atoms with Crippen LogP contribution in [0.3, 0.4) is 0 Å². The molecular formula is C25H18ClF2N5O3S. The largest absolute Gasteiger partial charge is 0.491 e. The van der Waals surface area contributed by atoms with Crippen LogP contribution in [0.4, 0.5) is 13.8 Å². The molecule has 1 fully saturated rings. The number of ether oxygens (including phenoxy) is 1. The topological polar surface area (TPSA) is 123 Å². The van der Waals surface area contributed by atoms with Crippen LogP contribution in [0.2, 0.25) is 5.02 Å². The second-order valence-corrected chi connectivity index (χ2v) is 10.1. The van der Waals surface area contributed by atoms with Crippen LogP contribution in [0.15, 0.2) is 18.2 Å². The van der Waals surface area contributed by atoms with Crippen LogP contribution in [0.1, 0.15) is 28.8 Å². The van der Waals surface area contributed by atoms with E-state index in [1.807, 2.05) is 12.1 Å². The molecule has 0 aliphatic carbocycles. The molecule has 2 aromatic carbocycles. The van der Waals surface area contributed by atoms with Crippen molar-refractivity contribution in [2.45, 2.75) is 18.9 Å². The number of carbonyl (C=O) groups excluding carboxylic acids is 2. The maximum atomic E-state index is 15.7. The number of halogens is 3. The van der Waals surface area contributed by atoms with Gasteiger partial charge in [0.05, 0.1) is 39.6 Å². The summed E-state index contributed by atoms with van der Waals surface area (Å²) in [6.07, 6.45) is 0.133. The molecule has 8 nitrogen and oxygen atoms in total. The molecule has 3 aromatic rings. The minimum absolute atomic E-state index is 0.0105. The average molecular weight is 542 g/mol. The van der Waals surface area contributed by atoms with Gasteiger partial charge in [-0.25, -0.2) is 8.78 Å². The number of thiophene rings is 1. The van der Waals surface area contributed by atoms with Gasteiger partial charge in [-0.1, -0.05) is 17.7 Å². The summed E-state index contributed by atoms with van der Waals surface area (Å²) in [4.78, 5) is 28.8. The molecule has 1 atom stereocenters. The first kappa shape index (κ1) is 24.8. The number of benzene rings is 2. The number of anilines is 1. The van der Waals surface area contributed by atoms with Crippen molar-refractivity contribution in [3.63, 3.8) is 0 Å². The van der Waals surface area contributed by atoms with E-state index in [1.54, 1.807) is 4.90 Å². The molecule has 1 aromatic heterocycles. The molecular weight excluding hydrogens is 524 g/mol. The predicted octanol–water partition coefficient (Wildman–Crippen LogP) is 4.30. The van der Waals surface area contributed by atoms with Crippen molar-refractivity contribution < 1.29 is 23.1 Å². The molecule has 0 radical (unpaired) electrons. The third-order valence-electron chi connectivity index (χ3n) is 6.63. The zero-order chi connectivity index (χ0) is 26.4. The smallest absolute Gasteiger partial charge is 0.258 e. The SMILES string of the molecule is N#CCC(=O)N1CCN2C(=O)c3cc(F)c(-c4ccc(F)c5sc(N)c(C#N)c45)c(Cl)c3OCC[C@H]2C1. The molecule has 0 spiro atoms. The van der Waals surface area contributed by atoms with E-state index in [0.29, 0.717) is 6.42 Å².